The van der Waals surface area contributed by atoms with E-state index in [0.29, 0.717) is 12.2 Å². The number of benzene rings is 1. The molecule has 1 aliphatic rings. The summed E-state index contributed by atoms with van der Waals surface area (Å²) in [5, 5.41) is 0. The molecular formula is C15H22N2O3S. The summed E-state index contributed by atoms with van der Waals surface area (Å²) < 4.78 is 25.8. The largest absolute Gasteiger partial charge is 0.338 e. The van der Waals surface area contributed by atoms with Gasteiger partial charge in [0, 0.05) is 24.7 Å². The predicted octanol–water partition coefficient (Wildman–Crippen LogP) is 1.99. The summed E-state index contributed by atoms with van der Waals surface area (Å²) in [5.74, 6) is 0.163. The molecule has 2 rings (SSSR count). The van der Waals surface area contributed by atoms with Crippen molar-refractivity contribution in [2.24, 2.45) is 5.92 Å². The fourth-order valence-corrected chi connectivity index (χ4v) is 3.06. The lowest BCUT2D eigenvalue weighted by molar-refractivity contribution is -0.135. The number of nitrogens with zero attached hydrogens (tertiary/aromatic N) is 1. The van der Waals surface area contributed by atoms with Gasteiger partial charge in [0.25, 0.3) is 0 Å². The van der Waals surface area contributed by atoms with E-state index >= 15 is 0 Å². The highest BCUT2D eigenvalue weighted by Crippen LogP contribution is 2.24. The first kappa shape index (κ1) is 15.8. The maximum absolute atomic E-state index is 12.1. The van der Waals surface area contributed by atoms with Gasteiger partial charge in [0.05, 0.1) is 5.75 Å². The van der Waals surface area contributed by atoms with Crippen LogP contribution in [0.1, 0.15) is 31.9 Å². The number of anilines is 1. The molecule has 0 aromatic heterocycles. The van der Waals surface area contributed by atoms with Crippen molar-refractivity contribution in [2.75, 3.05) is 17.0 Å². The molecule has 1 aromatic carbocycles. The van der Waals surface area contributed by atoms with Gasteiger partial charge < -0.3 is 4.90 Å². The Morgan fingerprint density at radius 1 is 1.33 bits per heavy atom. The third-order valence-corrected chi connectivity index (χ3v) is 4.98. The summed E-state index contributed by atoms with van der Waals surface area (Å²) in [6.07, 6.45) is 0.814. The molecule has 0 saturated heterocycles. The standard InChI is InChI=1S/C15H22N2O3S/c1-4-21(19,20)16-14-6-5-12-7-8-17(10-13(12)9-14)15(18)11(2)3/h5-6,9,11,16H,4,7-8,10H2,1-3H3. The van der Waals surface area contributed by atoms with E-state index in [1.165, 1.54) is 5.56 Å². The molecule has 5 nitrogen and oxygen atoms in total. The number of carbonyl (C=O) groups is 1. The highest BCUT2D eigenvalue weighted by molar-refractivity contribution is 7.92. The van der Waals surface area contributed by atoms with E-state index in [1.807, 2.05) is 30.9 Å². The molecule has 0 radical (unpaired) electrons. The molecule has 0 fully saturated rings. The van der Waals surface area contributed by atoms with Gasteiger partial charge >= 0.3 is 0 Å². The smallest absolute Gasteiger partial charge is 0.232 e. The van der Waals surface area contributed by atoms with Crippen LogP contribution < -0.4 is 4.72 Å². The molecular weight excluding hydrogens is 288 g/mol. The summed E-state index contributed by atoms with van der Waals surface area (Å²) in [6.45, 7) is 6.66. The van der Waals surface area contributed by atoms with Crippen molar-refractivity contribution < 1.29 is 13.2 Å². The Morgan fingerprint density at radius 2 is 2.05 bits per heavy atom. The summed E-state index contributed by atoms with van der Waals surface area (Å²) in [6, 6.07) is 5.56. The van der Waals surface area contributed by atoms with Gasteiger partial charge in [-0.25, -0.2) is 8.42 Å². The van der Waals surface area contributed by atoms with Gasteiger partial charge in [0.2, 0.25) is 15.9 Å². The predicted molar refractivity (Wildman–Crippen MR) is 83.5 cm³/mol. The zero-order valence-electron chi connectivity index (χ0n) is 12.7. The van der Waals surface area contributed by atoms with Crippen LogP contribution in [0.5, 0.6) is 0 Å². The maximum Gasteiger partial charge on any atom is 0.232 e. The van der Waals surface area contributed by atoms with Crippen LogP contribution in [-0.2, 0) is 27.8 Å². The first-order chi connectivity index (χ1) is 9.82. The minimum atomic E-state index is -3.27. The van der Waals surface area contributed by atoms with Gasteiger partial charge in [0.15, 0.2) is 0 Å². The normalized spacial score (nSPS) is 15.0. The Morgan fingerprint density at radius 3 is 2.67 bits per heavy atom. The molecule has 6 heteroatoms. The zero-order chi connectivity index (χ0) is 15.6. The van der Waals surface area contributed by atoms with Crippen LogP contribution in [0.3, 0.4) is 0 Å². The van der Waals surface area contributed by atoms with E-state index in [1.54, 1.807) is 13.0 Å². The number of fused-ring (bicyclic) bond motifs is 1. The van der Waals surface area contributed by atoms with E-state index in [4.69, 9.17) is 0 Å². The van der Waals surface area contributed by atoms with Crippen molar-refractivity contribution in [3.8, 4) is 0 Å². The molecule has 1 amide bonds. The second-order valence-electron chi connectivity index (χ2n) is 5.65. The number of nitrogens with one attached hydrogen (secondary N) is 1. The zero-order valence-corrected chi connectivity index (χ0v) is 13.5. The molecule has 0 atom stereocenters. The van der Waals surface area contributed by atoms with Crippen LogP contribution in [0.25, 0.3) is 0 Å². The number of rotatable bonds is 4. The van der Waals surface area contributed by atoms with Gasteiger partial charge in [0.1, 0.15) is 0 Å². The highest BCUT2D eigenvalue weighted by atomic mass is 32.2. The average Bonchev–Trinajstić information content (AvgIpc) is 2.45. The Bertz CT molecular complexity index is 638. The van der Waals surface area contributed by atoms with Crippen molar-refractivity contribution in [1.82, 2.24) is 4.90 Å². The monoisotopic (exact) mass is 310 g/mol. The molecule has 1 heterocycles. The Labute approximate surface area is 126 Å². The molecule has 0 unspecified atom stereocenters. The molecule has 21 heavy (non-hydrogen) atoms. The van der Waals surface area contributed by atoms with E-state index in [-0.39, 0.29) is 17.6 Å². The lowest BCUT2D eigenvalue weighted by Gasteiger charge is -2.30. The van der Waals surface area contributed by atoms with E-state index in [9.17, 15) is 13.2 Å². The maximum atomic E-state index is 12.1. The van der Waals surface area contributed by atoms with Gasteiger partial charge in [-0.2, -0.15) is 0 Å². The van der Waals surface area contributed by atoms with E-state index in [0.717, 1.165) is 18.5 Å². The molecule has 1 aromatic rings. The summed E-state index contributed by atoms with van der Waals surface area (Å²) in [4.78, 5) is 13.9. The molecule has 0 saturated carbocycles. The number of amides is 1. The Balaban J connectivity index is 2.20. The van der Waals surface area contributed by atoms with Crippen molar-refractivity contribution in [1.29, 1.82) is 0 Å². The molecule has 0 bridgehead atoms. The topological polar surface area (TPSA) is 66.5 Å². The van der Waals surface area contributed by atoms with Crippen LogP contribution in [-0.4, -0.2) is 31.5 Å². The summed E-state index contributed by atoms with van der Waals surface area (Å²) >= 11 is 0. The van der Waals surface area contributed by atoms with Gasteiger partial charge in [-0.05, 0) is 36.6 Å². The Hall–Kier alpha value is -1.56. The molecule has 0 aliphatic carbocycles. The van der Waals surface area contributed by atoms with Crippen molar-refractivity contribution in [2.45, 2.75) is 33.7 Å². The van der Waals surface area contributed by atoms with Crippen LogP contribution in [0.2, 0.25) is 0 Å². The first-order valence-electron chi connectivity index (χ1n) is 7.23. The van der Waals surface area contributed by atoms with Crippen LogP contribution in [0.4, 0.5) is 5.69 Å². The van der Waals surface area contributed by atoms with E-state index in [2.05, 4.69) is 4.72 Å². The van der Waals surface area contributed by atoms with Crippen molar-refractivity contribution in [3.05, 3.63) is 29.3 Å². The lowest BCUT2D eigenvalue weighted by atomic mass is 9.98. The van der Waals surface area contributed by atoms with E-state index < -0.39 is 10.0 Å². The number of sulfonamides is 1. The van der Waals surface area contributed by atoms with Crippen molar-refractivity contribution in [3.63, 3.8) is 0 Å². The fraction of sp³-hybridized carbons (Fsp3) is 0.533. The minimum Gasteiger partial charge on any atom is -0.338 e. The van der Waals surface area contributed by atoms with Crippen molar-refractivity contribution >= 4 is 21.6 Å². The van der Waals surface area contributed by atoms with Crippen LogP contribution in [0, 0.1) is 5.92 Å². The fourth-order valence-electron chi connectivity index (χ4n) is 2.43. The van der Waals surface area contributed by atoms with Gasteiger partial charge in [-0.15, -0.1) is 0 Å². The molecule has 0 spiro atoms. The summed E-state index contributed by atoms with van der Waals surface area (Å²) in [5.41, 5.74) is 2.77. The number of carbonyl (C=O) groups excluding carboxylic acids is 1. The number of hydrogen-bond donors (Lipinski definition) is 1. The van der Waals surface area contributed by atoms with Crippen LogP contribution >= 0.6 is 0 Å². The number of hydrogen-bond acceptors (Lipinski definition) is 3. The first-order valence-corrected chi connectivity index (χ1v) is 8.88. The minimum absolute atomic E-state index is 0.0201. The lowest BCUT2D eigenvalue weighted by Crippen LogP contribution is -2.38. The third-order valence-electron chi connectivity index (χ3n) is 3.68. The quantitative estimate of drug-likeness (QED) is 0.925. The van der Waals surface area contributed by atoms with Gasteiger partial charge in [-0.1, -0.05) is 19.9 Å². The van der Waals surface area contributed by atoms with Gasteiger partial charge in [-0.3, -0.25) is 9.52 Å². The molecule has 1 aliphatic heterocycles. The third kappa shape index (κ3) is 3.75. The molecule has 116 valence electrons. The SMILES string of the molecule is CCS(=O)(=O)Nc1ccc2c(c1)CN(C(=O)C(C)C)CC2. The highest BCUT2D eigenvalue weighted by Gasteiger charge is 2.22. The second kappa shape index (κ2) is 6.05. The Kier molecular flexibility index (Phi) is 4.56. The molecule has 1 N–H and O–H groups in total. The van der Waals surface area contributed by atoms with Crippen LogP contribution in [0.15, 0.2) is 18.2 Å². The average molecular weight is 310 g/mol. The summed E-state index contributed by atoms with van der Waals surface area (Å²) in [7, 11) is -3.27. The second-order valence-corrected chi connectivity index (χ2v) is 7.66.